The molecular formula is C13H9N5O3S. The normalized spacial score (nSPS) is 10.5. The molecule has 0 saturated carbocycles. The second kappa shape index (κ2) is 5.37. The van der Waals surface area contributed by atoms with Gasteiger partial charge in [-0.15, -0.1) is 0 Å². The number of aromatic nitrogens is 4. The van der Waals surface area contributed by atoms with E-state index in [0.717, 1.165) is 6.07 Å². The van der Waals surface area contributed by atoms with Crippen molar-refractivity contribution in [3.8, 4) is 5.88 Å². The molecule has 0 aliphatic carbocycles. The zero-order valence-electron chi connectivity index (χ0n) is 11.0. The Morgan fingerprint density at radius 1 is 1.18 bits per heavy atom. The van der Waals surface area contributed by atoms with E-state index in [1.165, 1.54) is 0 Å². The van der Waals surface area contributed by atoms with Crippen molar-refractivity contribution >= 4 is 34.1 Å². The van der Waals surface area contributed by atoms with Gasteiger partial charge in [0.25, 0.3) is 11.1 Å². The highest BCUT2D eigenvalue weighted by atomic mass is 32.1. The average molecular weight is 315 g/mol. The molecule has 2 heterocycles. The Morgan fingerprint density at radius 2 is 1.95 bits per heavy atom. The molecule has 9 heteroatoms. The van der Waals surface area contributed by atoms with Crippen LogP contribution in [0, 0.1) is 0 Å². The number of thiocarbonyl (C=S) groups is 1. The van der Waals surface area contributed by atoms with Crippen LogP contribution in [-0.2, 0) is 0 Å². The maximum Gasteiger partial charge on any atom is 0.259 e. The van der Waals surface area contributed by atoms with E-state index >= 15 is 0 Å². The lowest BCUT2D eigenvalue weighted by atomic mass is 10.2. The van der Waals surface area contributed by atoms with Crippen LogP contribution in [0.1, 0.15) is 5.82 Å². The monoisotopic (exact) mass is 315 g/mol. The number of anilines is 1. The van der Waals surface area contributed by atoms with Gasteiger partial charge in [-0.1, -0.05) is 24.4 Å². The molecule has 0 aliphatic heterocycles. The van der Waals surface area contributed by atoms with Crippen LogP contribution in [0.25, 0.3) is 10.9 Å². The van der Waals surface area contributed by atoms with E-state index in [0.29, 0.717) is 10.9 Å². The Kier molecular flexibility index (Phi) is 3.39. The number of hydrogen-bond acceptors (Lipinski definition) is 6. The van der Waals surface area contributed by atoms with Crippen molar-refractivity contribution < 1.29 is 5.11 Å². The predicted octanol–water partition coefficient (Wildman–Crippen LogP) is 0.500. The van der Waals surface area contributed by atoms with Gasteiger partial charge in [-0.05, 0) is 12.1 Å². The zero-order chi connectivity index (χ0) is 15.7. The molecule has 2 aromatic heterocycles. The number of hydrogen-bond donors (Lipinski definition) is 4. The zero-order valence-corrected chi connectivity index (χ0v) is 11.8. The van der Waals surface area contributed by atoms with Gasteiger partial charge < -0.3 is 15.4 Å². The lowest BCUT2D eigenvalue weighted by Gasteiger charge is -2.07. The Labute approximate surface area is 127 Å². The van der Waals surface area contributed by atoms with Crippen LogP contribution in [-0.4, -0.2) is 30.0 Å². The molecule has 0 unspecified atom stereocenters. The second-order valence-corrected chi connectivity index (χ2v) is 4.75. The first-order valence-electron chi connectivity index (χ1n) is 6.14. The third-order valence-corrected chi connectivity index (χ3v) is 3.08. The highest BCUT2D eigenvalue weighted by Gasteiger charge is 2.09. The van der Waals surface area contributed by atoms with Crippen molar-refractivity contribution in [1.82, 2.24) is 19.9 Å². The highest BCUT2D eigenvalue weighted by molar-refractivity contribution is 7.81. The summed E-state index contributed by atoms with van der Waals surface area (Å²) in [6.07, 6.45) is 0. The number of benzene rings is 1. The summed E-state index contributed by atoms with van der Waals surface area (Å²) < 4.78 is 0. The first-order valence-corrected chi connectivity index (χ1v) is 6.54. The fraction of sp³-hybridized carbons (Fsp3) is 0. The number of aromatic hydroxyl groups is 1. The van der Waals surface area contributed by atoms with Crippen LogP contribution in [0.2, 0.25) is 0 Å². The van der Waals surface area contributed by atoms with E-state index < -0.39 is 11.4 Å². The van der Waals surface area contributed by atoms with Crippen LogP contribution in [0.3, 0.4) is 0 Å². The summed E-state index contributed by atoms with van der Waals surface area (Å²) in [5, 5.41) is 12.3. The smallest absolute Gasteiger partial charge is 0.259 e. The lowest BCUT2D eigenvalue weighted by molar-refractivity contribution is 0.452. The number of fused-ring (bicyclic) bond motifs is 1. The number of H-pyrrole nitrogens is 2. The van der Waals surface area contributed by atoms with E-state index in [-0.39, 0.29) is 22.3 Å². The Balaban J connectivity index is 1.98. The lowest BCUT2D eigenvalue weighted by Crippen LogP contribution is -2.22. The fourth-order valence-electron chi connectivity index (χ4n) is 1.86. The van der Waals surface area contributed by atoms with E-state index in [9.17, 15) is 14.7 Å². The van der Waals surface area contributed by atoms with Crippen LogP contribution < -0.4 is 16.4 Å². The Bertz CT molecular complexity index is 995. The molecule has 3 aromatic rings. The molecule has 0 saturated heterocycles. The van der Waals surface area contributed by atoms with E-state index in [2.05, 4.69) is 25.3 Å². The molecule has 1 aromatic carbocycles. The van der Waals surface area contributed by atoms with Crippen LogP contribution in [0.5, 0.6) is 5.88 Å². The van der Waals surface area contributed by atoms with Gasteiger partial charge in [-0.25, -0.2) is 4.98 Å². The molecule has 110 valence electrons. The van der Waals surface area contributed by atoms with Gasteiger partial charge in [-0.3, -0.25) is 14.6 Å². The van der Waals surface area contributed by atoms with Gasteiger partial charge in [0.15, 0.2) is 5.82 Å². The summed E-state index contributed by atoms with van der Waals surface area (Å²) in [5.74, 6) is -0.371. The molecule has 0 atom stereocenters. The Morgan fingerprint density at radius 3 is 2.73 bits per heavy atom. The minimum Gasteiger partial charge on any atom is -0.493 e. The quantitative estimate of drug-likeness (QED) is 0.508. The fourth-order valence-corrected chi connectivity index (χ4v) is 2.06. The predicted molar refractivity (Wildman–Crippen MR) is 84.2 cm³/mol. The van der Waals surface area contributed by atoms with Gasteiger partial charge in [-0.2, -0.15) is 4.98 Å². The van der Waals surface area contributed by atoms with Crippen molar-refractivity contribution in [1.29, 1.82) is 0 Å². The largest absolute Gasteiger partial charge is 0.493 e. The van der Waals surface area contributed by atoms with Gasteiger partial charge in [0.05, 0.1) is 17.0 Å². The molecule has 0 amide bonds. The molecule has 0 radical (unpaired) electrons. The van der Waals surface area contributed by atoms with Gasteiger partial charge >= 0.3 is 0 Å². The molecular weight excluding hydrogens is 306 g/mol. The average Bonchev–Trinajstić information content (AvgIpc) is 2.46. The standard InChI is InChI=1S/C13H9N5O3S/c19-8-5-9(20)16-13(15-8)18-12(22)10-14-7-4-2-1-3-6(7)11(21)17-10/h1-5H,(H,14,17,21)(H3,15,16,18,19,20,22). The number of para-hydroxylation sites is 1. The molecule has 22 heavy (non-hydrogen) atoms. The van der Waals surface area contributed by atoms with Crippen molar-refractivity contribution in [2.24, 2.45) is 0 Å². The van der Waals surface area contributed by atoms with E-state index in [4.69, 9.17) is 12.2 Å². The van der Waals surface area contributed by atoms with Crippen molar-refractivity contribution in [2.75, 3.05) is 5.32 Å². The number of aromatic amines is 2. The summed E-state index contributed by atoms with van der Waals surface area (Å²) in [4.78, 5) is 36.1. The summed E-state index contributed by atoms with van der Waals surface area (Å²) in [7, 11) is 0. The Hall–Kier alpha value is -3.07. The van der Waals surface area contributed by atoms with Crippen LogP contribution in [0.15, 0.2) is 39.9 Å². The second-order valence-electron chi connectivity index (χ2n) is 4.34. The SMILES string of the molecule is O=c1cc(O)nc(NC(=S)c2nc3ccccc3c(=O)[nH]2)[nH]1. The van der Waals surface area contributed by atoms with E-state index in [1.807, 2.05) is 0 Å². The van der Waals surface area contributed by atoms with E-state index in [1.54, 1.807) is 24.3 Å². The molecule has 0 bridgehead atoms. The van der Waals surface area contributed by atoms with Crippen LogP contribution >= 0.6 is 12.2 Å². The van der Waals surface area contributed by atoms with Crippen molar-refractivity contribution in [3.63, 3.8) is 0 Å². The summed E-state index contributed by atoms with van der Waals surface area (Å²) >= 11 is 5.12. The molecule has 4 N–H and O–H groups in total. The van der Waals surface area contributed by atoms with Gasteiger partial charge in [0, 0.05) is 0 Å². The molecule has 0 aliphatic rings. The molecule has 8 nitrogen and oxygen atoms in total. The number of rotatable bonds is 2. The number of nitrogens with one attached hydrogen (secondary N) is 3. The topological polar surface area (TPSA) is 124 Å². The molecule has 3 rings (SSSR count). The third-order valence-electron chi connectivity index (χ3n) is 2.79. The molecule has 0 fully saturated rings. The van der Waals surface area contributed by atoms with Crippen molar-refractivity contribution in [3.05, 3.63) is 56.9 Å². The maximum atomic E-state index is 12.0. The van der Waals surface area contributed by atoms with Crippen LogP contribution in [0.4, 0.5) is 5.95 Å². The minimum atomic E-state index is -0.544. The summed E-state index contributed by atoms with van der Waals surface area (Å²) in [6, 6.07) is 7.74. The minimum absolute atomic E-state index is 0.0502. The van der Waals surface area contributed by atoms with Crippen molar-refractivity contribution in [2.45, 2.75) is 0 Å². The highest BCUT2D eigenvalue weighted by Crippen LogP contribution is 2.08. The summed E-state index contributed by atoms with van der Waals surface area (Å²) in [5.41, 5.74) is -0.386. The third kappa shape index (κ3) is 2.69. The number of nitrogens with zero attached hydrogens (tertiary/aromatic N) is 2. The first-order chi connectivity index (χ1) is 10.5. The maximum absolute atomic E-state index is 12.0. The van der Waals surface area contributed by atoms with Gasteiger partial charge in [0.2, 0.25) is 11.8 Å². The van der Waals surface area contributed by atoms with Gasteiger partial charge in [0.1, 0.15) is 4.99 Å². The first kappa shape index (κ1) is 13.9. The molecule has 0 spiro atoms. The summed E-state index contributed by atoms with van der Waals surface area (Å²) in [6.45, 7) is 0.